The maximum absolute atomic E-state index is 5.27. The van der Waals surface area contributed by atoms with Crippen molar-refractivity contribution in [1.82, 2.24) is 15.5 Å². The summed E-state index contributed by atoms with van der Waals surface area (Å²) in [6.07, 6.45) is 2.64. The third-order valence-corrected chi connectivity index (χ3v) is 3.83. The van der Waals surface area contributed by atoms with E-state index < -0.39 is 0 Å². The number of nitrogens with one attached hydrogen (secondary N) is 2. The van der Waals surface area contributed by atoms with Crippen LogP contribution in [0.3, 0.4) is 0 Å². The fourth-order valence-electron chi connectivity index (χ4n) is 2.61. The van der Waals surface area contributed by atoms with Crippen LogP contribution < -0.4 is 10.6 Å². The molecular formula is C11H21N3OS. The largest absolute Gasteiger partial charge is 0.383 e. The SMILES string of the molecule is COCCNC(=S)NC1CN2CCC1CC2. The maximum atomic E-state index is 5.27. The molecule has 5 heteroatoms. The van der Waals surface area contributed by atoms with Crippen LogP contribution in [0, 0.1) is 5.92 Å². The molecule has 0 aromatic heterocycles. The van der Waals surface area contributed by atoms with Crippen LogP contribution in [-0.4, -0.2) is 55.9 Å². The first-order valence-electron chi connectivity index (χ1n) is 6.05. The second kappa shape index (κ2) is 5.80. The number of piperidine rings is 3. The zero-order valence-corrected chi connectivity index (χ0v) is 10.7. The lowest BCUT2D eigenvalue weighted by Gasteiger charge is -2.45. The number of rotatable bonds is 4. The third-order valence-electron chi connectivity index (χ3n) is 3.56. The van der Waals surface area contributed by atoms with Crippen molar-refractivity contribution in [1.29, 1.82) is 0 Å². The number of hydrogen-bond acceptors (Lipinski definition) is 3. The molecule has 92 valence electrons. The van der Waals surface area contributed by atoms with Gasteiger partial charge in [0.2, 0.25) is 0 Å². The van der Waals surface area contributed by atoms with Gasteiger partial charge in [0.1, 0.15) is 0 Å². The highest BCUT2D eigenvalue weighted by Crippen LogP contribution is 2.27. The molecule has 1 unspecified atom stereocenters. The van der Waals surface area contributed by atoms with Gasteiger partial charge in [-0.2, -0.15) is 0 Å². The van der Waals surface area contributed by atoms with Crippen LogP contribution in [0.2, 0.25) is 0 Å². The van der Waals surface area contributed by atoms with Crippen LogP contribution in [-0.2, 0) is 4.74 Å². The molecule has 3 fully saturated rings. The second-order valence-electron chi connectivity index (χ2n) is 4.64. The molecule has 3 heterocycles. The molecule has 3 rings (SSSR count). The van der Waals surface area contributed by atoms with E-state index in [2.05, 4.69) is 15.5 Å². The molecule has 4 nitrogen and oxygen atoms in total. The quantitative estimate of drug-likeness (QED) is 0.545. The minimum atomic E-state index is 0.546. The van der Waals surface area contributed by atoms with E-state index in [9.17, 15) is 0 Å². The van der Waals surface area contributed by atoms with Gasteiger partial charge < -0.3 is 20.3 Å². The number of fused-ring (bicyclic) bond motifs is 3. The van der Waals surface area contributed by atoms with Gasteiger partial charge in [-0.05, 0) is 44.1 Å². The monoisotopic (exact) mass is 243 g/mol. The number of methoxy groups -OCH3 is 1. The van der Waals surface area contributed by atoms with E-state index >= 15 is 0 Å². The minimum absolute atomic E-state index is 0.546. The van der Waals surface area contributed by atoms with Gasteiger partial charge in [0.15, 0.2) is 5.11 Å². The molecule has 0 saturated carbocycles. The molecule has 2 bridgehead atoms. The summed E-state index contributed by atoms with van der Waals surface area (Å²) in [5.74, 6) is 0.812. The number of hydrogen-bond donors (Lipinski definition) is 2. The molecule has 3 aliphatic rings. The van der Waals surface area contributed by atoms with E-state index in [1.165, 1.54) is 25.9 Å². The number of ether oxygens (including phenoxy) is 1. The predicted molar refractivity (Wildman–Crippen MR) is 68.6 cm³/mol. The summed E-state index contributed by atoms with van der Waals surface area (Å²) in [7, 11) is 1.70. The van der Waals surface area contributed by atoms with Gasteiger partial charge in [-0.25, -0.2) is 0 Å². The van der Waals surface area contributed by atoms with Crippen LogP contribution in [0.15, 0.2) is 0 Å². The Balaban J connectivity index is 1.70. The first-order chi connectivity index (χ1) is 7.79. The molecule has 3 aliphatic heterocycles. The third kappa shape index (κ3) is 3.06. The normalized spacial score (nSPS) is 32.4. The predicted octanol–water partition coefficient (Wildman–Crippen LogP) is 0.191. The fourth-order valence-corrected chi connectivity index (χ4v) is 2.87. The first kappa shape index (κ1) is 12.1. The van der Waals surface area contributed by atoms with Gasteiger partial charge in [0.05, 0.1) is 6.61 Å². The molecule has 0 aliphatic carbocycles. The van der Waals surface area contributed by atoms with Gasteiger partial charge in [-0.15, -0.1) is 0 Å². The molecule has 3 saturated heterocycles. The summed E-state index contributed by atoms with van der Waals surface area (Å²) in [5.41, 5.74) is 0. The molecule has 0 spiro atoms. The Morgan fingerprint density at radius 3 is 2.75 bits per heavy atom. The Morgan fingerprint density at radius 1 is 1.44 bits per heavy atom. The number of thiocarbonyl (C=S) groups is 1. The molecule has 0 aromatic carbocycles. The Kier molecular flexibility index (Phi) is 4.37. The van der Waals surface area contributed by atoms with Crippen molar-refractivity contribution < 1.29 is 4.74 Å². The van der Waals surface area contributed by atoms with Crippen molar-refractivity contribution >= 4 is 17.3 Å². The summed E-state index contributed by atoms with van der Waals surface area (Å²) in [6.45, 7) is 5.17. The lowest BCUT2D eigenvalue weighted by atomic mass is 9.84. The van der Waals surface area contributed by atoms with Crippen molar-refractivity contribution in [2.75, 3.05) is 39.9 Å². The Morgan fingerprint density at radius 2 is 2.19 bits per heavy atom. The summed E-state index contributed by atoms with van der Waals surface area (Å²) < 4.78 is 4.97. The Labute approximate surface area is 103 Å². The summed E-state index contributed by atoms with van der Waals surface area (Å²) in [6, 6.07) is 0.546. The standard InChI is InChI=1S/C11H21N3OS/c1-15-7-4-12-11(16)13-10-8-14-5-2-9(10)3-6-14/h9-10H,2-8H2,1H3,(H2,12,13,16). The average Bonchev–Trinajstić information content (AvgIpc) is 2.31. The maximum Gasteiger partial charge on any atom is 0.166 e. The highest BCUT2D eigenvalue weighted by molar-refractivity contribution is 7.80. The van der Waals surface area contributed by atoms with Gasteiger partial charge in [0.25, 0.3) is 0 Å². The summed E-state index contributed by atoms with van der Waals surface area (Å²) in [5, 5.41) is 7.37. The number of nitrogens with zero attached hydrogens (tertiary/aromatic N) is 1. The molecule has 2 N–H and O–H groups in total. The zero-order valence-electron chi connectivity index (χ0n) is 9.87. The molecular weight excluding hydrogens is 222 g/mol. The van der Waals surface area contributed by atoms with Crippen molar-refractivity contribution in [3.63, 3.8) is 0 Å². The van der Waals surface area contributed by atoms with Crippen LogP contribution in [0.25, 0.3) is 0 Å². The van der Waals surface area contributed by atoms with Crippen molar-refractivity contribution in [3.8, 4) is 0 Å². The van der Waals surface area contributed by atoms with Gasteiger partial charge in [0, 0.05) is 26.2 Å². The summed E-state index contributed by atoms with van der Waals surface area (Å²) in [4.78, 5) is 2.52. The van der Waals surface area contributed by atoms with E-state index in [-0.39, 0.29) is 0 Å². The lowest BCUT2D eigenvalue weighted by Crippen LogP contribution is -2.58. The van der Waals surface area contributed by atoms with Crippen LogP contribution in [0.5, 0.6) is 0 Å². The highest BCUT2D eigenvalue weighted by atomic mass is 32.1. The topological polar surface area (TPSA) is 36.5 Å². The fraction of sp³-hybridized carbons (Fsp3) is 0.909. The van der Waals surface area contributed by atoms with E-state index in [0.29, 0.717) is 12.6 Å². The van der Waals surface area contributed by atoms with E-state index in [1.807, 2.05) is 0 Å². The molecule has 0 amide bonds. The van der Waals surface area contributed by atoms with Gasteiger partial charge >= 0.3 is 0 Å². The van der Waals surface area contributed by atoms with Crippen molar-refractivity contribution in [2.24, 2.45) is 5.92 Å². The molecule has 0 radical (unpaired) electrons. The molecule has 16 heavy (non-hydrogen) atoms. The van der Waals surface area contributed by atoms with Crippen molar-refractivity contribution in [2.45, 2.75) is 18.9 Å². The molecule has 1 atom stereocenters. The Hall–Kier alpha value is -0.390. The first-order valence-corrected chi connectivity index (χ1v) is 6.46. The van der Waals surface area contributed by atoms with Crippen LogP contribution in [0.4, 0.5) is 0 Å². The molecule has 0 aromatic rings. The van der Waals surface area contributed by atoms with E-state index in [0.717, 1.165) is 24.1 Å². The van der Waals surface area contributed by atoms with Crippen LogP contribution in [0.1, 0.15) is 12.8 Å². The second-order valence-corrected chi connectivity index (χ2v) is 5.05. The van der Waals surface area contributed by atoms with Crippen molar-refractivity contribution in [3.05, 3.63) is 0 Å². The highest BCUT2D eigenvalue weighted by Gasteiger charge is 2.34. The summed E-state index contributed by atoms with van der Waals surface area (Å²) >= 11 is 5.27. The van der Waals surface area contributed by atoms with E-state index in [4.69, 9.17) is 17.0 Å². The lowest BCUT2D eigenvalue weighted by molar-refractivity contribution is 0.0811. The van der Waals surface area contributed by atoms with Gasteiger partial charge in [-0.1, -0.05) is 0 Å². The van der Waals surface area contributed by atoms with E-state index in [1.54, 1.807) is 7.11 Å². The smallest absolute Gasteiger partial charge is 0.166 e. The zero-order chi connectivity index (χ0) is 11.4. The Bertz CT molecular complexity index is 241. The van der Waals surface area contributed by atoms with Gasteiger partial charge in [-0.3, -0.25) is 0 Å². The average molecular weight is 243 g/mol. The van der Waals surface area contributed by atoms with Crippen LogP contribution >= 0.6 is 12.2 Å². The minimum Gasteiger partial charge on any atom is -0.383 e.